The molecule has 2 aliphatic heterocycles. The number of nitrogens with one attached hydrogen (secondary N) is 2. The molecule has 1 aromatic carbocycles. The molecule has 2 fully saturated rings. The highest BCUT2D eigenvalue weighted by atomic mass is 19.4. The van der Waals surface area contributed by atoms with Crippen molar-refractivity contribution < 1.29 is 32.3 Å². The van der Waals surface area contributed by atoms with Crippen molar-refractivity contribution in [3.63, 3.8) is 0 Å². The standard InChI is InChI=1S/C30H29F3N8O4/c1-45-25-13-22-20(12-23(25)36-28(43)18-2-3-26(35-14-18)30(31,32)33)17-41(38-22)21-5-9-39(10-6-21)16-19-4-8-34-15-24(19)40-11-7-27(42)37-29(40)44/h2-4,8,12-15,17,21H,5-7,9-11,16H2,1H3,(H,36,43)(H,37,42,44). The molecule has 2 aliphatic rings. The van der Waals surface area contributed by atoms with Gasteiger partial charge in [-0.05, 0) is 42.7 Å². The van der Waals surface area contributed by atoms with Crippen LogP contribution in [0.15, 0.2) is 55.1 Å². The topological polar surface area (TPSA) is 135 Å². The molecule has 6 rings (SSSR count). The molecular weight excluding hydrogens is 593 g/mol. The Balaban J connectivity index is 1.12. The van der Waals surface area contributed by atoms with E-state index < -0.39 is 23.8 Å². The summed E-state index contributed by atoms with van der Waals surface area (Å²) in [5.41, 5.74) is 1.55. The first-order valence-electron chi connectivity index (χ1n) is 14.3. The maximum atomic E-state index is 12.8. The molecule has 0 radical (unpaired) electrons. The van der Waals surface area contributed by atoms with Crippen molar-refractivity contribution in [2.45, 2.75) is 38.0 Å². The first-order valence-corrected chi connectivity index (χ1v) is 14.3. The van der Waals surface area contributed by atoms with Crippen LogP contribution in [-0.4, -0.2) is 69.2 Å². The summed E-state index contributed by atoms with van der Waals surface area (Å²) in [4.78, 5) is 48.2. The van der Waals surface area contributed by atoms with Crippen LogP contribution < -0.4 is 20.3 Å². The van der Waals surface area contributed by atoms with Gasteiger partial charge in [-0.1, -0.05) is 0 Å². The molecule has 3 aromatic heterocycles. The minimum absolute atomic E-state index is 0.0270. The van der Waals surface area contributed by atoms with Gasteiger partial charge in [0, 0.05) is 62.6 Å². The lowest BCUT2D eigenvalue weighted by Crippen LogP contribution is -2.50. The van der Waals surface area contributed by atoms with Gasteiger partial charge in [0.25, 0.3) is 5.91 Å². The first kappa shape index (κ1) is 30.0. The molecule has 15 heteroatoms. The number of ether oxygens (including phenoxy) is 1. The molecule has 45 heavy (non-hydrogen) atoms. The van der Waals surface area contributed by atoms with Crippen LogP contribution in [0.25, 0.3) is 10.9 Å². The van der Waals surface area contributed by atoms with E-state index in [1.807, 2.05) is 16.9 Å². The van der Waals surface area contributed by atoms with Crippen molar-refractivity contribution in [3.8, 4) is 5.75 Å². The molecule has 0 unspecified atom stereocenters. The van der Waals surface area contributed by atoms with Crippen LogP contribution in [0.1, 0.15) is 46.9 Å². The Morgan fingerprint density at radius 1 is 1.11 bits per heavy atom. The fourth-order valence-electron chi connectivity index (χ4n) is 5.58. The molecule has 4 aromatic rings. The number of halogens is 3. The van der Waals surface area contributed by atoms with Crippen molar-refractivity contribution in [2.75, 3.05) is 37.0 Å². The van der Waals surface area contributed by atoms with E-state index in [1.165, 1.54) is 7.11 Å². The lowest BCUT2D eigenvalue weighted by atomic mass is 10.0. The lowest BCUT2D eigenvalue weighted by Gasteiger charge is -2.33. The van der Waals surface area contributed by atoms with E-state index in [-0.39, 0.29) is 23.9 Å². The highest BCUT2D eigenvalue weighted by Crippen LogP contribution is 2.33. The summed E-state index contributed by atoms with van der Waals surface area (Å²) >= 11 is 0. The third kappa shape index (κ3) is 6.43. The fourth-order valence-corrected chi connectivity index (χ4v) is 5.58. The predicted octanol–water partition coefficient (Wildman–Crippen LogP) is 4.39. The van der Waals surface area contributed by atoms with Crippen LogP contribution in [0.3, 0.4) is 0 Å². The van der Waals surface area contributed by atoms with Crippen molar-refractivity contribution >= 4 is 40.1 Å². The molecule has 0 spiro atoms. The van der Waals surface area contributed by atoms with E-state index in [2.05, 4.69) is 25.5 Å². The zero-order chi connectivity index (χ0) is 31.7. The summed E-state index contributed by atoms with van der Waals surface area (Å²) in [7, 11) is 1.45. The number of likely N-dealkylation sites (tertiary alicyclic amines) is 1. The van der Waals surface area contributed by atoms with Gasteiger partial charge < -0.3 is 10.1 Å². The summed E-state index contributed by atoms with van der Waals surface area (Å²) in [6.45, 7) is 2.51. The van der Waals surface area contributed by atoms with Gasteiger partial charge in [0.2, 0.25) is 5.91 Å². The zero-order valence-corrected chi connectivity index (χ0v) is 24.2. The number of benzene rings is 1. The molecule has 0 bridgehead atoms. The number of nitrogens with zero attached hydrogens (tertiary/aromatic N) is 6. The molecule has 0 atom stereocenters. The normalized spacial score (nSPS) is 16.6. The third-order valence-corrected chi connectivity index (χ3v) is 7.97. The largest absolute Gasteiger partial charge is 0.494 e. The third-order valence-electron chi connectivity index (χ3n) is 7.97. The molecule has 0 aliphatic carbocycles. The van der Waals surface area contributed by atoms with E-state index in [4.69, 9.17) is 9.84 Å². The number of imide groups is 1. The number of rotatable bonds is 7. The van der Waals surface area contributed by atoms with Gasteiger partial charge in [-0.3, -0.25) is 39.4 Å². The number of carbonyl (C=O) groups is 3. The van der Waals surface area contributed by atoms with Crippen LogP contribution in [-0.2, 0) is 17.5 Å². The Hall–Kier alpha value is -5.05. The average Bonchev–Trinajstić information content (AvgIpc) is 3.44. The summed E-state index contributed by atoms with van der Waals surface area (Å²) in [6, 6.07) is 6.84. The second-order valence-corrected chi connectivity index (χ2v) is 10.9. The van der Waals surface area contributed by atoms with Gasteiger partial charge in [0.1, 0.15) is 11.4 Å². The van der Waals surface area contributed by atoms with Gasteiger partial charge in [0.15, 0.2) is 0 Å². The maximum Gasteiger partial charge on any atom is 0.433 e. The first-order chi connectivity index (χ1) is 21.6. The van der Waals surface area contributed by atoms with Crippen LogP contribution in [0.2, 0.25) is 0 Å². The van der Waals surface area contributed by atoms with Crippen molar-refractivity contribution in [1.29, 1.82) is 0 Å². The smallest absolute Gasteiger partial charge is 0.433 e. The minimum atomic E-state index is -4.60. The number of alkyl halides is 3. The molecule has 0 saturated carbocycles. The number of hydrogen-bond acceptors (Lipinski definition) is 8. The van der Waals surface area contributed by atoms with E-state index >= 15 is 0 Å². The van der Waals surface area contributed by atoms with E-state index in [9.17, 15) is 27.6 Å². The highest BCUT2D eigenvalue weighted by Gasteiger charge is 2.32. The van der Waals surface area contributed by atoms with Gasteiger partial charge in [0.05, 0.1) is 41.8 Å². The lowest BCUT2D eigenvalue weighted by molar-refractivity contribution is -0.141. The quantitative estimate of drug-likeness (QED) is 0.310. The van der Waals surface area contributed by atoms with Gasteiger partial charge in [-0.25, -0.2) is 4.79 Å². The number of fused-ring (bicyclic) bond motifs is 1. The second kappa shape index (κ2) is 12.1. The Morgan fingerprint density at radius 2 is 1.91 bits per heavy atom. The molecule has 2 saturated heterocycles. The Kier molecular flexibility index (Phi) is 8.10. The van der Waals surface area contributed by atoms with Crippen LogP contribution in [0.4, 0.5) is 29.3 Å². The number of aromatic nitrogens is 4. The van der Waals surface area contributed by atoms with Crippen LogP contribution in [0.5, 0.6) is 5.75 Å². The predicted molar refractivity (Wildman–Crippen MR) is 157 cm³/mol. The molecule has 2 N–H and O–H groups in total. The van der Waals surface area contributed by atoms with Gasteiger partial charge >= 0.3 is 12.2 Å². The number of methoxy groups -OCH3 is 1. The maximum absolute atomic E-state index is 12.8. The number of anilines is 2. The fraction of sp³-hybridized carbons (Fsp3) is 0.333. The number of piperidine rings is 1. The SMILES string of the molecule is COc1cc2nn(C3CCN(Cc4ccncc4N4CCC(=O)NC4=O)CC3)cc2cc1NC(=O)c1ccc(C(F)(F)F)nc1. The molecular formula is C30H29F3N8O4. The number of hydrogen-bond donors (Lipinski definition) is 2. The molecule has 5 heterocycles. The summed E-state index contributed by atoms with van der Waals surface area (Å²) < 4.78 is 45.9. The van der Waals surface area contributed by atoms with Crippen LogP contribution in [0, 0.1) is 0 Å². The summed E-state index contributed by atoms with van der Waals surface area (Å²) in [5.74, 6) is -0.554. The molecule has 4 amide bonds. The van der Waals surface area contributed by atoms with E-state index in [1.54, 1.807) is 29.4 Å². The zero-order valence-electron chi connectivity index (χ0n) is 24.2. The average molecular weight is 623 g/mol. The van der Waals surface area contributed by atoms with E-state index in [0.717, 1.165) is 55.2 Å². The van der Waals surface area contributed by atoms with Gasteiger partial charge in [-0.15, -0.1) is 0 Å². The highest BCUT2D eigenvalue weighted by molar-refractivity contribution is 6.06. The van der Waals surface area contributed by atoms with Gasteiger partial charge in [-0.2, -0.15) is 18.3 Å². The van der Waals surface area contributed by atoms with Crippen LogP contribution >= 0.6 is 0 Å². The number of pyridine rings is 2. The van der Waals surface area contributed by atoms with E-state index in [0.29, 0.717) is 35.7 Å². The molecule has 12 nitrogen and oxygen atoms in total. The summed E-state index contributed by atoms with van der Waals surface area (Å²) in [5, 5.41) is 10.6. The Morgan fingerprint density at radius 3 is 2.60 bits per heavy atom. The summed E-state index contributed by atoms with van der Waals surface area (Å²) in [6.07, 6.45) is 3.43. The van der Waals surface area contributed by atoms with Crippen molar-refractivity contribution in [2.24, 2.45) is 0 Å². The number of amides is 4. The number of urea groups is 1. The number of carbonyl (C=O) groups excluding carboxylic acids is 3. The second-order valence-electron chi connectivity index (χ2n) is 10.9. The molecule has 234 valence electrons. The monoisotopic (exact) mass is 622 g/mol. The Bertz CT molecular complexity index is 1750. The van der Waals surface area contributed by atoms with Crippen molar-refractivity contribution in [1.82, 2.24) is 30.0 Å². The Labute approximate surface area is 255 Å². The minimum Gasteiger partial charge on any atom is -0.494 e. The van der Waals surface area contributed by atoms with Crippen molar-refractivity contribution in [3.05, 3.63) is 71.9 Å².